The SMILES string of the molecule is C[C@H](C(=O)O[C@H](C)C(=O)Nc1ccc(Cl)cc1Cl)N1C(=O)c2ccccc2C1=O. The number of rotatable bonds is 5. The summed E-state index contributed by atoms with van der Waals surface area (Å²) in [7, 11) is 0. The van der Waals surface area contributed by atoms with Crippen LogP contribution in [0.3, 0.4) is 0 Å². The van der Waals surface area contributed by atoms with Crippen LogP contribution in [0.15, 0.2) is 42.5 Å². The first kappa shape index (κ1) is 20.8. The fourth-order valence-electron chi connectivity index (χ4n) is 2.82. The third-order valence-corrected chi connectivity index (χ3v) is 4.95. The van der Waals surface area contributed by atoms with Crippen LogP contribution in [0.1, 0.15) is 34.6 Å². The predicted molar refractivity (Wildman–Crippen MR) is 107 cm³/mol. The second-order valence-corrected chi connectivity index (χ2v) is 7.24. The van der Waals surface area contributed by atoms with E-state index in [2.05, 4.69) is 5.32 Å². The molecule has 2 aromatic carbocycles. The first-order chi connectivity index (χ1) is 13.7. The fraction of sp³-hybridized carbons (Fsp3) is 0.200. The zero-order valence-corrected chi connectivity index (χ0v) is 17.0. The Bertz CT molecular complexity index is 989. The number of carbonyl (C=O) groups excluding carboxylic acids is 4. The average Bonchev–Trinajstić information content (AvgIpc) is 2.94. The van der Waals surface area contributed by atoms with Gasteiger partial charge in [-0.25, -0.2) is 4.79 Å². The van der Waals surface area contributed by atoms with Crippen molar-refractivity contribution in [3.05, 3.63) is 63.6 Å². The number of ether oxygens (including phenoxy) is 1. The zero-order valence-electron chi connectivity index (χ0n) is 15.4. The lowest BCUT2D eigenvalue weighted by Crippen LogP contribution is -2.45. The van der Waals surface area contributed by atoms with E-state index in [1.54, 1.807) is 18.2 Å². The lowest BCUT2D eigenvalue weighted by Gasteiger charge is -2.22. The van der Waals surface area contributed by atoms with Crippen LogP contribution in [0.2, 0.25) is 10.0 Å². The first-order valence-electron chi connectivity index (χ1n) is 8.64. The topological polar surface area (TPSA) is 92.8 Å². The molecule has 1 N–H and O–H groups in total. The van der Waals surface area contributed by atoms with Gasteiger partial charge < -0.3 is 10.1 Å². The predicted octanol–water partition coefficient (Wildman–Crippen LogP) is 3.55. The van der Waals surface area contributed by atoms with Gasteiger partial charge in [0.1, 0.15) is 6.04 Å². The number of nitrogens with one attached hydrogen (secondary N) is 1. The van der Waals surface area contributed by atoms with Crippen molar-refractivity contribution in [2.75, 3.05) is 5.32 Å². The largest absolute Gasteiger partial charge is 0.451 e. The van der Waals surface area contributed by atoms with Crippen LogP contribution >= 0.6 is 23.2 Å². The van der Waals surface area contributed by atoms with Crippen molar-refractivity contribution in [3.8, 4) is 0 Å². The number of esters is 1. The van der Waals surface area contributed by atoms with Crippen LogP contribution in [-0.4, -0.2) is 40.7 Å². The van der Waals surface area contributed by atoms with E-state index >= 15 is 0 Å². The van der Waals surface area contributed by atoms with Gasteiger partial charge in [0, 0.05) is 5.02 Å². The molecule has 1 heterocycles. The maximum atomic E-state index is 12.5. The Morgan fingerprint density at radius 1 is 1.00 bits per heavy atom. The Kier molecular flexibility index (Phi) is 5.91. The smallest absolute Gasteiger partial charge is 0.329 e. The molecule has 150 valence electrons. The summed E-state index contributed by atoms with van der Waals surface area (Å²) in [6.45, 7) is 2.73. The minimum absolute atomic E-state index is 0.223. The molecule has 9 heteroatoms. The van der Waals surface area contributed by atoms with Crippen LogP contribution in [0.5, 0.6) is 0 Å². The zero-order chi connectivity index (χ0) is 21.3. The number of hydrogen-bond acceptors (Lipinski definition) is 5. The standard InChI is InChI=1S/C20H16Cl2N2O5/c1-10(24-18(26)13-5-3-4-6-14(13)19(24)27)20(28)29-11(2)17(25)23-16-8-7-12(21)9-15(16)22/h3-11H,1-2H3,(H,23,25)/t10-,11-/m1/s1. The van der Waals surface area contributed by atoms with Crippen LogP contribution in [0.25, 0.3) is 0 Å². The number of fused-ring (bicyclic) bond motifs is 1. The summed E-state index contributed by atoms with van der Waals surface area (Å²) in [5.41, 5.74) is 0.748. The fourth-order valence-corrected chi connectivity index (χ4v) is 3.27. The molecule has 2 atom stereocenters. The van der Waals surface area contributed by atoms with Crippen LogP contribution in [0, 0.1) is 0 Å². The van der Waals surface area contributed by atoms with E-state index in [0.717, 1.165) is 4.90 Å². The Morgan fingerprint density at radius 3 is 2.14 bits per heavy atom. The highest BCUT2D eigenvalue weighted by molar-refractivity contribution is 6.36. The Balaban J connectivity index is 1.66. The lowest BCUT2D eigenvalue weighted by atomic mass is 10.1. The van der Waals surface area contributed by atoms with Crippen molar-refractivity contribution in [2.45, 2.75) is 26.0 Å². The summed E-state index contributed by atoms with van der Waals surface area (Å²) in [4.78, 5) is 50.5. The molecule has 0 spiro atoms. The molecular weight excluding hydrogens is 419 g/mol. The van der Waals surface area contributed by atoms with E-state index < -0.39 is 35.8 Å². The summed E-state index contributed by atoms with van der Waals surface area (Å²) < 4.78 is 5.15. The molecule has 1 aliphatic heterocycles. The van der Waals surface area contributed by atoms with E-state index in [4.69, 9.17) is 27.9 Å². The molecule has 0 saturated carbocycles. The molecule has 0 unspecified atom stereocenters. The number of benzene rings is 2. The van der Waals surface area contributed by atoms with Crippen LogP contribution < -0.4 is 5.32 Å². The molecule has 0 fully saturated rings. The third kappa shape index (κ3) is 4.11. The van der Waals surface area contributed by atoms with Gasteiger partial charge in [0.05, 0.1) is 21.8 Å². The summed E-state index contributed by atoms with van der Waals surface area (Å²) >= 11 is 11.8. The van der Waals surface area contributed by atoms with Gasteiger partial charge >= 0.3 is 5.97 Å². The summed E-state index contributed by atoms with van der Waals surface area (Å²) in [6, 6.07) is 9.61. The van der Waals surface area contributed by atoms with E-state index in [0.29, 0.717) is 10.7 Å². The minimum atomic E-state index is -1.20. The molecule has 3 rings (SSSR count). The van der Waals surface area contributed by atoms with Crippen molar-refractivity contribution >= 4 is 52.6 Å². The first-order valence-corrected chi connectivity index (χ1v) is 9.39. The summed E-state index contributed by atoms with van der Waals surface area (Å²) in [6.07, 6.45) is -1.19. The number of hydrogen-bond donors (Lipinski definition) is 1. The average molecular weight is 435 g/mol. The number of carbonyl (C=O) groups is 4. The molecule has 0 radical (unpaired) electrons. The van der Waals surface area contributed by atoms with E-state index in [9.17, 15) is 19.2 Å². The number of amides is 3. The normalized spacial score (nSPS) is 15.0. The molecule has 29 heavy (non-hydrogen) atoms. The van der Waals surface area contributed by atoms with Gasteiger partial charge in [0.25, 0.3) is 17.7 Å². The van der Waals surface area contributed by atoms with Crippen molar-refractivity contribution in [1.29, 1.82) is 0 Å². The number of nitrogens with zero attached hydrogens (tertiary/aromatic N) is 1. The molecule has 3 amide bonds. The second-order valence-electron chi connectivity index (χ2n) is 6.39. The van der Waals surface area contributed by atoms with Crippen LogP contribution in [0.4, 0.5) is 5.69 Å². The van der Waals surface area contributed by atoms with Gasteiger partial charge in [-0.05, 0) is 44.2 Å². The van der Waals surface area contributed by atoms with Gasteiger partial charge in [-0.3, -0.25) is 19.3 Å². The van der Waals surface area contributed by atoms with Gasteiger partial charge in [0.2, 0.25) is 0 Å². The molecule has 0 aliphatic carbocycles. The van der Waals surface area contributed by atoms with Gasteiger partial charge in [-0.2, -0.15) is 0 Å². The molecule has 0 bridgehead atoms. The highest BCUT2D eigenvalue weighted by Crippen LogP contribution is 2.26. The number of anilines is 1. The van der Waals surface area contributed by atoms with E-state index in [1.807, 2.05) is 0 Å². The highest BCUT2D eigenvalue weighted by Gasteiger charge is 2.41. The van der Waals surface area contributed by atoms with Gasteiger partial charge in [-0.1, -0.05) is 35.3 Å². The summed E-state index contributed by atoms with van der Waals surface area (Å²) in [5, 5.41) is 3.16. The molecule has 0 aromatic heterocycles. The molecule has 1 aliphatic rings. The number of halogens is 2. The highest BCUT2D eigenvalue weighted by atomic mass is 35.5. The lowest BCUT2D eigenvalue weighted by molar-refractivity contribution is -0.156. The van der Waals surface area contributed by atoms with Crippen molar-refractivity contribution in [1.82, 2.24) is 4.90 Å². The Hall–Kier alpha value is -2.90. The van der Waals surface area contributed by atoms with Crippen molar-refractivity contribution < 1.29 is 23.9 Å². The van der Waals surface area contributed by atoms with E-state index in [-0.39, 0.29) is 16.1 Å². The third-order valence-electron chi connectivity index (χ3n) is 4.41. The monoisotopic (exact) mass is 434 g/mol. The minimum Gasteiger partial charge on any atom is -0.451 e. The van der Waals surface area contributed by atoms with E-state index in [1.165, 1.54) is 38.1 Å². The van der Waals surface area contributed by atoms with Gasteiger partial charge in [-0.15, -0.1) is 0 Å². The van der Waals surface area contributed by atoms with Crippen molar-refractivity contribution in [2.24, 2.45) is 0 Å². The quantitative estimate of drug-likeness (QED) is 0.573. The molecular formula is C20H16Cl2N2O5. The molecule has 7 nitrogen and oxygen atoms in total. The van der Waals surface area contributed by atoms with Crippen molar-refractivity contribution in [3.63, 3.8) is 0 Å². The maximum absolute atomic E-state index is 12.5. The number of imide groups is 1. The van der Waals surface area contributed by atoms with Gasteiger partial charge in [0.15, 0.2) is 6.10 Å². The molecule has 2 aromatic rings. The maximum Gasteiger partial charge on any atom is 0.329 e. The van der Waals surface area contributed by atoms with Crippen LogP contribution in [-0.2, 0) is 14.3 Å². The second kappa shape index (κ2) is 8.23. The molecule has 0 saturated heterocycles. The summed E-state index contributed by atoms with van der Waals surface area (Å²) in [5.74, 6) is -2.68. The Labute approximate surface area is 176 Å². The Morgan fingerprint density at radius 2 is 1.59 bits per heavy atom.